The van der Waals surface area contributed by atoms with E-state index in [4.69, 9.17) is 18.0 Å². The Kier molecular flexibility index (Phi) is 5.40. The largest absolute Gasteiger partial charge is 0.533 e. The van der Waals surface area contributed by atoms with Crippen LogP contribution in [-0.4, -0.2) is 42.0 Å². The lowest BCUT2D eigenvalue weighted by Crippen LogP contribution is -2.66. The van der Waals surface area contributed by atoms with Crippen molar-refractivity contribution in [1.29, 1.82) is 0 Å². The molecule has 0 amide bonds. The summed E-state index contributed by atoms with van der Waals surface area (Å²) < 4.78 is 22.8. The van der Waals surface area contributed by atoms with Crippen LogP contribution in [-0.2, 0) is 18.0 Å². The molecule has 1 unspecified atom stereocenters. The van der Waals surface area contributed by atoms with Crippen molar-refractivity contribution in [2.75, 3.05) is 27.9 Å². The van der Waals surface area contributed by atoms with Gasteiger partial charge in [-0.15, -0.1) is 0 Å². The monoisotopic (exact) mass is 248 g/mol. The van der Waals surface area contributed by atoms with Crippen LogP contribution in [0.4, 0.5) is 0 Å². The van der Waals surface area contributed by atoms with Crippen LogP contribution in [0.25, 0.3) is 0 Å². The van der Waals surface area contributed by atoms with Gasteiger partial charge >= 0.3 is 8.80 Å². The summed E-state index contributed by atoms with van der Waals surface area (Å²) in [7, 11) is 2.27. The van der Waals surface area contributed by atoms with E-state index in [2.05, 4.69) is 6.92 Å². The number of rotatable bonds is 6. The van der Waals surface area contributed by atoms with Gasteiger partial charge in [0.05, 0.1) is 0 Å². The molecule has 96 valence electrons. The van der Waals surface area contributed by atoms with Crippen molar-refractivity contribution in [2.24, 2.45) is 0 Å². The van der Waals surface area contributed by atoms with E-state index in [0.29, 0.717) is 0 Å². The van der Waals surface area contributed by atoms with Crippen molar-refractivity contribution >= 4 is 8.80 Å². The smallest absolute Gasteiger partial charge is 0.375 e. The summed E-state index contributed by atoms with van der Waals surface area (Å²) >= 11 is 0. The van der Waals surface area contributed by atoms with E-state index in [0.717, 1.165) is 38.7 Å². The van der Waals surface area contributed by atoms with Crippen molar-refractivity contribution in [1.82, 2.24) is 0 Å². The predicted octanol–water partition coefficient (Wildman–Crippen LogP) is 2.14. The maximum Gasteiger partial charge on any atom is 0.533 e. The first-order chi connectivity index (χ1) is 7.70. The highest BCUT2D eigenvalue weighted by atomic mass is 28.4. The molecule has 0 aromatic heterocycles. The van der Waals surface area contributed by atoms with Gasteiger partial charge in [-0.3, -0.25) is 0 Å². The van der Waals surface area contributed by atoms with E-state index >= 15 is 0 Å². The molecule has 1 heterocycles. The molecule has 0 aliphatic carbocycles. The SMILES string of the molecule is CCCC1([Si](OC)(OC)OC)CCCCO1. The summed E-state index contributed by atoms with van der Waals surface area (Å²) in [6.07, 6.45) is 5.24. The van der Waals surface area contributed by atoms with Crippen LogP contribution >= 0.6 is 0 Å². The van der Waals surface area contributed by atoms with E-state index in [-0.39, 0.29) is 5.22 Å². The van der Waals surface area contributed by atoms with E-state index in [1.165, 1.54) is 0 Å². The second-order valence-corrected chi connectivity index (χ2v) is 7.47. The molecule has 1 aliphatic heterocycles. The molecular weight excluding hydrogens is 224 g/mol. The fourth-order valence-electron chi connectivity index (χ4n) is 2.66. The molecule has 16 heavy (non-hydrogen) atoms. The van der Waals surface area contributed by atoms with E-state index < -0.39 is 8.80 Å². The van der Waals surface area contributed by atoms with Crippen molar-refractivity contribution in [3.05, 3.63) is 0 Å². The Hall–Kier alpha value is 0.0569. The lowest BCUT2D eigenvalue weighted by Gasteiger charge is -2.45. The minimum absolute atomic E-state index is 0.335. The van der Waals surface area contributed by atoms with Gasteiger partial charge in [0, 0.05) is 27.9 Å². The van der Waals surface area contributed by atoms with Gasteiger partial charge in [0.15, 0.2) is 0 Å². The second-order valence-electron chi connectivity index (χ2n) is 4.22. The minimum Gasteiger partial charge on any atom is -0.375 e. The number of hydrogen-bond donors (Lipinski definition) is 0. The van der Waals surface area contributed by atoms with Crippen LogP contribution in [0.5, 0.6) is 0 Å². The molecule has 0 aromatic rings. The second kappa shape index (κ2) is 6.12. The summed E-state index contributed by atoms with van der Waals surface area (Å²) in [6.45, 7) is 2.94. The molecule has 0 spiro atoms. The van der Waals surface area contributed by atoms with Crippen LogP contribution in [0.3, 0.4) is 0 Å². The zero-order valence-electron chi connectivity index (χ0n) is 10.9. The Morgan fingerprint density at radius 3 is 2.12 bits per heavy atom. The Balaban J connectivity index is 2.95. The fraction of sp³-hybridized carbons (Fsp3) is 1.00. The first kappa shape index (κ1) is 14.1. The summed E-state index contributed by atoms with van der Waals surface area (Å²) in [6, 6.07) is 0. The molecule has 1 fully saturated rings. The first-order valence-corrected chi connectivity index (χ1v) is 7.72. The molecule has 1 saturated heterocycles. The van der Waals surface area contributed by atoms with Crippen LogP contribution < -0.4 is 0 Å². The molecule has 5 heteroatoms. The van der Waals surface area contributed by atoms with Crippen molar-refractivity contribution in [2.45, 2.75) is 44.3 Å². The van der Waals surface area contributed by atoms with E-state index in [9.17, 15) is 0 Å². The standard InChI is InChI=1S/C11H24O4Si/c1-5-8-11(9-6-7-10-15-11)16(12-2,13-3)14-4/h5-10H2,1-4H3. The molecule has 0 aromatic carbocycles. The Morgan fingerprint density at radius 1 is 1.12 bits per heavy atom. The third-order valence-electron chi connectivity index (χ3n) is 3.37. The van der Waals surface area contributed by atoms with Crippen LogP contribution in [0.15, 0.2) is 0 Å². The first-order valence-electron chi connectivity index (χ1n) is 5.99. The molecule has 1 aliphatic rings. The Bertz CT molecular complexity index is 186. The van der Waals surface area contributed by atoms with Gasteiger partial charge < -0.3 is 18.0 Å². The minimum atomic E-state index is -2.71. The summed E-state index contributed by atoms with van der Waals surface area (Å²) in [4.78, 5) is 0. The summed E-state index contributed by atoms with van der Waals surface area (Å²) in [5.74, 6) is 0. The van der Waals surface area contributed by atoms with Gasteiger partial charge in [-0.05, 0) is 25.7 Å². The lowest BCUT2D eigenvalue weighted by molar-refractivity contribution is -0.0870. The maximum atomic E-state index is 6.03. The highest BCUT2D eigenvalue weighted by Crippen LogP contribution is 2.38. The molecule has 0 radical (unpaired) electrons. The number of hydrogen-bond acceptors (Lipinski definition) is 4. The molecular formula is C11H24O4Si. The van der Waals surface area contributed by atoms with Gasteiger partial charge in [0.1, 0.15) is 5.22 Å². The zero-order chi connectivity index (χ0) is 12.1. The van der Waals surface area contributed by atoms with E-state index in [1.807, 2.05) is 0 Å². The van der Waals surface area contributed by atoms with Gasteiger partial charge in [0.2, 0.25) is 0 Å². The normalized spacial score (nSPS) is 27.0. The van der Waals surface area contributed by atoms with E-state index in [1.54, 1.807) is 21.3 Å². The average Bonchev–Trinajstić information content (AvgIpc) is 2.33. The lowest BCUT2D eigenvalue weighted by atomic mass is 10.0. The van der Waals surface area contributed by atoms with Crippen LogP contribution in [0.2, 0.25) is 0 Å². The summed E-state index contributed by atoms with van der Waals surface area (Å²) in [5, 5.41) is -0.335. The highest BCUT2D eigenvalue weighted by molar-refractivity contribution is 6.64. The van der Waals surface area contributed by atoms with Crippen LogP contribution in [0, 0.1) is 0 Å². The molecule has 0 bridgehead atoms. The zero-order valence-corrected chi connectivity index (χ0v) is 11.9. The predicted molar refractivity (Wildman–Crippen MR) is 64.2 cm³/mol. The maximum absolute atomic E-state index is 6.03. The molecule has 1 atom stereocenters. The van der Waals surface area contributed by atoms with Crippen molar-refractivity contribution < 1.29 is 18.0 Å². The average molecular weight is 248 g/mol. The Morgan fingerprint density at radius 2 is 1.75 bits per heavy atom. The third kappa shape index (κ3) is 2.33. The highest BCUT2D eigenvalue weighted by Gasteiger charge is 2.60. The quantitative estimate of drug-likeness (QED) is 0.675. The molecule has 0 N–H and O–H groups in total. The molecule has 4 nitrogen and oxygen atoms in total. The van der Waals surface area contributed by atoms with Gasteiger partial charge in [-0.25, -0.2) is 0 Å². The molecule has 0 saturated carbocycles. The van der Waals surface area contributed by atoms with Gasteiger partial charge in [0.25, 0.3) is 0 Å². The third-order valence-corrected chi connectivity index (χ3v) is 6.74. The fourth-order valence-corrected chi connectivity index (χ4v) is 5.59. The number of ether oxygens (including phenoxy) is 1. The van der Waals surface area contributed by atoms with Crippen LogP contribution in [0.1, 0.15) is 39.0 Å². The van der Waals surface area contributed by atoms with Crippen molar-refractivity contribution in [3.63, 3.8) is 0 Å². The van der Waals surface area contributed by atoms with Crippen molar-refractivity contribution in [3.8, 4) is 0 Å². The summed E-state index contributed by atoms with van der Waals surface area (Å²) in [5.41, 5.74) is 0. The van der Waals surface area contributed by atoms with Gasteiger partial charge in [-0.1, -0.05) is 13.3 Å². The molecule has 1 rings (SSSR count). The van der Waals surface area contributed by atoms with Gasteiger partial charge in [-0.2, -0.15) is 0 Å². The Labute approximate surface area is 99.6 Å². The topological polar surface area (TPSA) is 36.9 Å².